The molecule has 0 saturated carbocycles. The molecular formula is C16H18N8O. The number of carbonyl (C=O) groups is 1. The van der Waals surface area contributed by atoms with Crippen molar-refractivity contribution in [3.8, 4) is 5.82 Å². The largest absolute Gasteiger partial charge is 0.352 e. The molecule has 1 saturated heterocycles. The number of aryl methyl sites for hydroxylation is 1. The van der Waals surface area contributed by atoms with Gasteiger partial charge in [-0.1, -0.05) is 5.21 Å². The van der Waals surface area contributed by atoms with Gasteiger partial charge in [-0.2, -0.15) is 0 Å². The first-order valence-electron chi connectivity index (χ1n) is 8.08. The number of amides is 1. The first-order valence-corrected chi connectivity index (χ1v) is 8.08. The van der Waals surface area contributed by atoms with Crippen molar-refractivity contribution in [2.45, 2.75) is 0 Å². The van der Waals surface area contributed by atoms with Gasteiger partial charge in [0.05, 0.1) is 6.20 Å². The normalized spacial score (nSPS) is 14.8. The Labute approximate surface area is 144 Å². The zero-order valence-electron chi connectivity index (χ0n) is 13.9. The van der Waals surface area contributed by atoms with Gasteiger partial charge < -0.3 is 14.4 Å². The summed E-state index contributed by atoms with van der Waals surface area (Å²) in [5, 5.41) is 16.3. The summed E-state index contributed by atoms with van der Waals surface area (Å²) >= 11 is 0. The molecule has 1 aliphatic heterocycles. The molecule has 1 amide bonds. The molecule has 0 spiro atoms. The van der Waals surface area contributed by atoms with E-state index in [4.69, 9.17) is 0 Å². The summed E-state index contributed by atoms with van der Waals surface area (Å²) in [6.07, 6.45) is 5.50. The fraction of sp³-hybridized carbons (Fsp3) is 0.312. The van der Waals surface area contributed by atoms with Crippen LogP contribution in [-0.4, -0.2) is 66.7 Å². The van der Waals surface area contributed by atoms with Crippen LogP contribution in [-0.2, 0) is 7.05 Å². The lowest BCUT2D eigenvalue weighted by Crippen LogP contribution is -2.49. The average Bonchev–Trinajstić information content (AvgIpc) is 3.33. The molecule has 0 aromatic carbocycles. The molecule has 0 radical (unpaired) electrons. The Morgan fingerprint density at radius 3 is 2.24 bits per heavy atom. The molecule has 1 fully saturated rings. The van der Waals surface area contributed by atoms with Crippen LogP contribution < -0.4 is 4.90 Å². The van der Waals surface area contributed by atoms with E-state index in [2.05, 4.69) is 25.4 Å². The van der Waals surface area contributed by atoms with Crippen LogP contribution in [0.25, 0.3) is 5.82 Å². The van der Waals surface area contributed by atoms with Gasteiger partial charge in [0.15, 0.2) is 17.3 Å². The topological polar surface area (TPSA) is 85.0 Å². The average molecular weight is 338 g/mol. The number of aromatic nitrogens is 6. The SMILES string of the molecule is Cn1cc(C(=O)N2CCN(c3ccc(-n4cccc4)nn3)CC2)nn1. The number of nitrogens with zero attached hydrogens (tertiary/aromatic N) is 8. The van der Waals surface area contributed by atoms with E-state index in [0.29, 0.717) is 31.9 Å². The Bertz CT molecular complexity index is 847. The molecule has 1 aliphatic rings. The van der Waals surface area contributed by atoms with Gasteiger partial charge in [0.25, 0.3) is 5.91 Å². The molecule has 0 aliphatic carbocycles. The number of piperazine rings is 1. The fourth-order valence-electron chi connectivity index (χ4n) is 2.86. The van der Waals surface area contributed by atoms with E-state index in [9.17, 15) is 4.79 Å². The molecule has 3 aromatic heterocycles. The van der Waals surface area contributed by atoms with E-state index in [0.717, 1.165) is 11.6 Å². The van der Waals surface area contributed by atoms with E-state index in [1.54, 1.807) is 18.1 Å². The molecule has 3 aromatic rings. The number of carbonyl (C=O) groups excluding carboxylic acids is 1. The predicted octanol–water partition coefficient (Wildman–Crippen LogP) is 0.358. The number of anilines is 1. The minimum absolute atomic E-state index is 0.0817. The van der Waals surface area contributed by atoms with E-state index in [1.807, 2.05) is 41.2 Å². The highest BCUT2D eigenvalue weighted by molar-refractivity contribution is 5.92. The molecule has 0 unspecified atom stereocenters. The molecule has 4 rings (SSSR count). The first-order chi connectivity index (χ1) is 12.2. The molecule has 128 valence electrons. The maximum Gasteiger partial charge on any atom is 0.276 e. The highest BCUT2D eigenvalue weighted by atomic mass is 16.2. The van der Waals surface area contributed by atoms with Crippen molar-refractivity contribution in [3.05, 3.63) is 48.5 Å². The van der Waals surface area contributed by atoms with Crippen molar-refractivity contribution < 1.29 is 4.79 Å². The zero-order valence-corrected chi connectivity index (χ0v) is 13.9. The summed E-state index contributed by atoms with van der Waals surface area (Å²) in [5.41, 5.74) is 0.381. The summed E-state index contributed by atoms with van der Waals surface area (Å²) in [4.78, 5) is 16.3. The van der Waals surface area contributed by atoms with Crippen molar-refractivity contribution in [2.75, 3.05) is 31.1 Å². The van der Waals surface area contributed by atoms with E-state index in [-0.39, 0.29) is 5.91 Å². The summed E-state index contributed by atoms with van der Waals surface area (Å²) in [6.45, 7) is 2.67. The molecule has 4 heterocycles. The zero-order chi connectivity index (χ0) is 17.2. The highest BCUT2D eigenvalue weighted by Crippen LogP contribution is 2.15. The minimum atomic E-state index is -0.0817. The lowest BCUT2D eigenvalue weighted by Gasteiger charge is -2.34. The Hall–Kier alpha value is -3.23. The molecular weight excluding hydrogens is 320 g/mol. The van der Waals surface area contributed by atoms with Crippen LogP contribution >= 0.6 is 0 Å². The van der Waals surface area contributed by atoms with Crippen LogP contribution in [0.4, 0.5) is 5.82 Å². The lowest BCUT2D eigenvalue weighted by atomic mass is 10.3. The standard InChI is InChI=1S/C16H18N8O/c1-21-12-13(17-20-21)16(25)24-10-8-23(9-11-24)15-5-4-14(18-19-15)22-6-2-3-7-22/h2-7,12H,8-11H2,1H3. The van der Waals surface area contributed by atoms with Crippen LogP contribution in [0.3, 0.4) is 0 Å². The Morgan fingerprint density at radius 1 is 0.960 bits per heavy atom. The highest BCUT2D eigenvalue weighted by Gasteiger charge is 2.24. The quantitative estimate of drug-likeness (QED) is 0.685. The van der Waals surface area contributed by atoms with Crippen LogP contribution in [0.2, 0.25) is 0 Å². The molecule has 0 bridgehead atoms. The van der Waals surface area contributed by atoms with Crippen LogP contribution in [0.15, 0.2) is 42.9 Å². The van der Waals surface area contributed by atoms with Gasteiger partial charge in [0, 0.05) is 45.6 Å². The third kappa shape index (κ3) is 3.08. The van der Waals surface area contributed by atoms with Gasteiger partial charge in [-0.15, -0.1) is 15.3 Å². The smallest absolute Gasteiger partial charge is 0.276 e. The van der Waals surface area contributed by atoms with Crippen LogP contribution in [0.1, 0.15) is 10.5 Å². The third-order valence-electron chi connectivity index (χ3n) is 4.22. The van der Waals surface area contributed by atoms with Crippen LogP contribution in [0.5, 0.6) is 0 Å². The number of hydrogen-bond donors (Lipinski definition) is 0. The maximum absolute atomic E-state index is 12.4. The van der Waals surface area contributed by atoms with Crippen molar-refractivity contribution in [1.29, 1.82) is 0 Å². The van der Waals surface area contributed by atoms with E-state index in [1.165, 1.54) is 4.68 Å². The Balaban J connectivity index is 1.39. The second kappa shape index (κ2) is 6.34. The van der Waals surface area contributed by atoms with Crippen molar-refractivity contribution in [2.24, 2.45) is 7.05 Å². The molecule has 0 N–H and O–H groups in total. The molecule has 9 nitrogen and oxygen atoms in total. The van der Waals surface area contributed by atoms with Crippen molar-refractivity contribution in [1.82, 2.24) is 34.7 Å². The Morgan fingerprint density at radius 2 is 1.64 bits per heavy atom. The summed E-state index contributed by atoms with van der Waals surface area (Å²) in [7, 11) is 1.75. The second-order valence-electron chi connectivity index (χ2n) is 5.90. The van der Waals surface area contributed by atoms with Crippen molar-refractivity contribution >= 4 is 11.7 Å². The van der Waals surface area contributed by atoms with Gasteiger partial charge in [0.2, 0.25) is 0 Å². The van der Waals surface area contributed by atoms with Gasteiger partial charge in [-0.3, -0.25) is 9.48 Å². The maximum atomic E-state index is 12.4. The van der Waals surface area contributed by atoms with E-state index < -0.39 is 0 Å². The molecule has 9 heteroatoms. The fourth-order valence-corrected chi connectivity index (χ4v) is 2.86. The summed E-state index contributed by atoms with van der Waals surface area (Å²) < 4.78 is 3.44. The van der Waals surface area contributed by atoms with Gasteiger partial charge >= 0.3 is 0 Å². The number of hydrogen-bond acceptors (Lipinski definition) is 6. The Kier molecular flexibility index (Phi) is 3.88. The lowest BCUT2D eigenvalue weighted by molar-refractivity contribution is 0.0740. The molecule has 25 heavy (non-hydrogen) atoms. The second-order valence-corrected chi connectivity index (χ2v) is 5.90. The van der Waals surface area contributed by atoms with E-state index >= 15 is 0 Å². The molecule has 0 atom stereocenters. The summed E-state index contributed by atoms with van der Waals surface area (Å²) in [5.74, 6) is 1.52. The van der Waals surface area contributed by atoms with Crippen LogP contribution in [0, 0.1) is 0 Å². The predicted molar refractivity (Wildman–Crippen MR) is 90.5 cm³/mol. The third-order valence-corrected chi connectivity index (χ3v) is 4.22. The van der Waals surface area contributed by atoms with Gasteiger partial charge in [-0.05, 0) is 24.3 Å². The minimum Gasteiger partial charge on any atom is -0.352 e. The summed E-state index contributed by atoms with van der Waals surface area (Å²) in [6, 6.07) is 7.80. The monoisotopic (exact) mass is 338 g/mol. The number of rotatable bonds is 3. The van der Waals surface area contributed by atoms with Gasteiger partial charge in [0.1, 0.15) is 0 Å². The first kappa shape index (κ1) is 15.3. The van der Waals surface area contributed by atoms with Crippen molar-refractivity contribution in [3.63, 3.8) is 0 Å². The van der Waals surface area contributed by atoms with Gasteiger partial charge in [-0.25, -0.2) is 0 Å².